The van der Waals surface area contributed by atoms with Crippen molar-refractivity contribution in [1.82, 2.24) is 29.5 Å². The van der Waals surface area contributed by atoms with Gasteiger partial charge < -0.3 is 9.72 Å². The first kappa shape index (κ1) is 25.0. The number of aromatic amines is 1. The van der Waals surface area contributed by atoms with Crippen LogP contribution in [0.5, 0.6) is 5.75 Å². The molecule has 1 amide bonds. The van der Waals surface area contributed by atoms with Crippen molar-refractivity contribution in [2.75, 3.05) is 6.61 Å². The zero-order valence-electron chi connectivity index (χ0n) is 20.1. The Hall–Kier alpha value is -4.06. The van der Waals surface area contributed by atoms with Crippen LogP contribution >= 0.6 is 0 Å². The molecule has 188 valence electrons. The number of hydrogen-bond donors (Lipinski definition) is 2. The highest BCUT2D eigenvalue weighted by Gasteiger charge is 2.23. The van der Waals surface area contributed by atoms with Gasteiger partial charge in [-0.15, -0.1) is 0 Å². The Morgan fingerprint density at radius 2 is 2.00 bits per heavy atom. The molecule has 4 aromatic rings. The summed E-state index contributed by atoms with van der Waals surface area (Å²) in [4.78, 5) is 36.5. The number of carbonyl (C=O) groups excluding carboxylic acids is 1. The van der Waals surface area contributed by atoms with Gasteiger partial charge in [0.1, 0.15) is 17.1 Å². The van der Waals surface area contributed by atoms with Crippen molar-refractivity contribution in [1.29, 1.82) is 0 Å². The number of H-pyrrole nitrogens is 1. The van der Waals surface area contributed by atoms with E-state index >= 15 is 0 Å². The van der Waals surface area contributed by atoms with Gasteiger partial charge in [0.05, 0.1) is 28.3 Å². The lowest BCUT2D eigenvalue weighted by Crippen LogP contribution is -2.30. The highest BCUT2D eigenvalue weighted by molar-refractivity contribution is 7.90. The summed E-state index contributed by atoms with van der Waals surface area (Å²) in [5.74, 6) is -0.347. The van der Waals surface area contributed by atoms with Gasteiger partial charge in [0.15, 0.2) is 5.52 Å². The number of amides is 1. The molecule has 0 saturated heterocycles. The van der Waals surface area contributed by atoms with Crippen LogP contribution in [0.15, 0.2) is 52.4 Å². The van der Waals surface area contributed by atoms with Crippen molar-refractivity contribution < 1.29 is 17.9 Å². The summed E-state index contributed by atoms with van der Waals surface area (Å²) in [5, 5.41) is 4.52. The van der Waals surface area contributed by atoms with Crippen LogP contribution in [0.1, 0.15) is 43.2 Å². The summed E-state index contributed by atoms with van der Waals surface area (Å²) in [6.45, 7) is 6.48. The number of rotatable bonds is 9. The van der Waals surface area contributed by atoms with Crippen molar-refractivity contribution in [3.8, 4) is 17.1 Å². The zero-order valence-corrected chi connectivity index (χ0v) is 20.9. The Morgan fingerprint density at radius 3 is 2.67 bits per heavy atom. The van der Waals surface area contributed by atoms with Gasteiger partial charge in [0.25, 0.3) is 21.5 Å². The molecule has 2 N–H and O–H groups in total. The van der Waals surface area contributed by atoms with Crippen molar-refractivity contribution in [2.45, 2.75) is 45.1 Å². The quantitative estimate of drug-likeness (QED) is 0.349. The predicted octanol–water partition coefficient (Wildman–Crippen LogP) is 2.67. The number of nitrogens with one attached hydrogen (secondary N) is 2. The van der Waals surface area contributed by atoms with Gasteiger partial charge in [-0.2, -0.15) is 5.10 Å². The van der Waals surface area contributed by atoms with Gasteiger partial charge in [-0.1, -0.05) is 13.3 Å². The molecule has 3 heterocycles. The summed E-state index contributed by atoms with van der Waals surface area (Å²) in [6.07, 6.45) is 4.19. The van der Waals surface area contributed by atoms with Crippen LogP contribution < -0.4 is 15.0 Å². The minimum Gasteiger partial charge on any atom is -0.493 e. The second-order valence-electron chi connectivity index (χ2n) is 7.89. The molecule has 4 rings (SSSR count). The van der Waals surface area contributed by atoms with E-state index in [1.165, 1.54) is 42.7 Å². The van der Waals surface area contributed by atoms with Crippen LogP contribution in [0.3, 0.4) is 0 Å². The molecular formula is C24H26N6O5S. The van der Waals surface area contributed by atoms with E-state index < -0.39 is 21.5 Å². The molecule has 0 unspecified atom stereocenters. The maximum Gasteiger partial charge on any atom is 0.277 e. The smallest absolute Gasteiger partial charge is 0.277 e. The molecule has 0 radical (unpaired) electrons. The van der Waals surface area contributed by atoms with Crippen molar-refractivity contribution >= 4 is 27.0 Å². The summed E-state index contributed by atoms with van der Waals surface area (Å²) < 4.78 is 35.4. The normalized spacial score (nSPS) is 11.5. The number of benzene rings is 1. The lowest BCUT2D eigenvalue weighted by molar-refractivity contribution is 0.0981. The van der Waals surface area contributed by atoms with E-state index in [-0.39, 0.29) is 21.8 Å². The second kappa shape index (κ2) is 10.3. The van der Waals surface area contributed by atoms with Gasteiger partial charge in [0, 0.05) is 18.9 Å². The topological polar surface area (TPSA) is 149 Å². The zero-order chi connectivity index (χ0) is 25.9. The van der Waals surface area contributed by atoms with Gasteiger partial charge in [-0.05, 0) is 50.6 Å². The van der Waals surface area contributed by atoms with Crippen LogP contribution in [-0.4, -0.2) is 45.7 Å². The summed E-state index contributed by atoms with van der Waals surface area (Å²) in [7, 11) is -4.26. The fourth-order valence-electron chi connectivity index (χ4n) is 3.79. The standard InChI is InChI=1S/C24H26N6O5S/c1-4-8-18-20-21(30(5-2)28-18)24(32)27-22(26-20)17-13-16(10-11-19(17)35-6-3)36(33,34)29-23(31)15-9-7-12-25-14-15/h7,9-14H,4-6,8H2,1-3H3,(H,29,31)(H,26,27,32). The molecule has 0 atom stereocenters. The maximum atomic E-state index is 13.0. The first-order valence-electron chi connectivity index (χ1n) is 11.5. The van der Waals surface area contributed by atoms with Gasteiger partial charge in [-0.3, -0.25) is 19.3 Å². The Morgan fingerprint density at radius 1 is 1.19 bits per heavy atom. The lowest BCUT2D eigenvalue weighted by atomic mass is 10.1. The third-order valence-electron chi connectivity index (χ3n) is 5.42. The average molecular weight is 511 g/mol. The molecule has 0 aliphatic rings. The Bertz CT molecular complexity index is 1580. The molecular weight excluding hydrogens is 484 g/mol. The highest BCUT2D eigenvalue weighted by atomic mass is 32.2. The third-order valence-corrected chi connectivity index (χ3v) is 6.75. The molecule has 36 heavy (non-hydrogen) atoms. The number of hydrogen-bond acceptors (Lipinski definition) is 8. The van der Waals surface area contributed by atoms with Crippen LogP contribution in [0.25, 0.3) is 22.4 Å². The number of aromatic nitrogens is 5. The maximum absolute atomic E-state index is 13.0. The van der Waals surface area contributed by atoms with E-state index in [9.17, 15) is 18.0 Å². The van der Waals surface area contributed by atoms with Crippen LogP contribution in [0.4, 0.5) is 0 Å². The molecule has 1 aromatic carbocycles. The SMILES string of the molecule is CCCc1nn(CC)c2c(=O)[nH]c(-c3cc(S(=O)(=O)NC(=O)c4cccnc4)ccc3OCC)nc12. The highest BCUT2D eigenvalue weighted by Crippen LogP contribution is 2.31. The predicted molar refractivity (Wildman–Crippen MR) is 133 cm³/mol. The average Bonchev–Trinajstić information content (AvgIpc) is 3.23. The van der Waals surface area contributed by atoms with E-state index in [2.05, 4.69) is 20.1 Å². The molecule has 3 aromatic heterocycles. The van der Waals surface area contributed by atoms with E-state index in [1.54, 1.807) is 11.6 Å². The number of carbonyl (C=O) groups is 1. The number of nitrogens with zero attached hydrogens (tertiary/aromatic N) is 4. The first-order valence-corrected chi connectivity index (χ1v) is 13.0. The van der Waals surface area contributed by atoms with E-state index in [4.69, 9.17) is 4.74 Å². The van der Waals surface area contributed by atoms with Crippen LogP contribution in [0, 0.1) is 0 Å². The molecule has 12 heteroatoms. The Labute approximate surface area is 207 Å². The minimum atomic E-state index is -4.26. The van der Waals surface area contributed by atoms with Crippen molar-refractivity contribution in [3.63, 3.8) is 0 Å². The van der Waals surface area contributed by atoms with Crippen molar-refractivity contribution in [3.05, 3.63) is 64.3 Å². The molecule has 0 saturated carbocycles. The summed E-state index contributed by atoms with van der Waals surface area (Å²) in [5.41, 5.74) is 1.46. The molecule has 0 fully saturated rings. The largest absolute Gasteiger partial charge is 0.493 e. The third kappa shape index (κ3) is 4.85. The second-order valence-corrected chi connectivity index (χ2v) is 9.57. The van der Waals surface area contributed by atoms with Gasteiger partial charge in [0.2, 0.25) is 0 Å². The fourth-order valence-corrected chi connectivity index (χ4v) is 4.79. The lowest BCUT2D eigenvalue weighted by Gasteiger charge is -2.13. The Kier molecular flexibility index (Phi) is 7.15. The first-order chi connectivity index (χ1) is 17.3. The Balaban J connectivity index is 1.83. The summed E-state index contributed by atoms with van der Waals surface area (Å²) >= 11 is 0. The monoisotopic (exact) mass is 510 g/mol. The van der Waals surface area contributed by atoms with Crippen molar-refractivity contribution in [2.24, 2.45) is 0 Å². The minimum absolute atomic E-state index is 0.0973. The number of fused-ring (bicyclic) bond motifs is 1. The number of ether oxygens (including phenoxy) is 1. The number of pyridine rings is 1. The molecule has 0 bridgehead atoms. The molecule has 0 aliphatic carbocycles. The van der Waals surface area contributed by atoms with Crippen LogP contribution in [-0.2, 0) is 23.0 Å². The van der Waals surface area contributed by atoms with Gasteiger partial charge in [-0.25, -0.2) is 18.1 Å². The van der Waals surface area contributed by atoms with Gasteiger partial charge >= 0.3 is 0 Å². The number of sulfonamides is 1. The van der Waals surface area contributed by atoms with Crippen LogP contribution in [0.2, 0.25) is 0 Å². The van der Waals surface area contributed by atoms with E-state index in [0.717, 1.165) is 6.42 Å². The summed E-state index contributed by atoms with van der Waals surface area (Å²) in [6, 6.07) is 7.09. The fraction of sp³-hybridized carbons (Fsp3) is 0.292. The molecule has 0 spiro atoms. The van der Waals surface area contributed by atoms with E-state index in [1.807, 2.05) is 18.6 Å². The van der Waals surface area contributed by atoms with E-state index in [0.29, 0.717) is 42.0 Å². The molecule has 11 nitrogen and oxygen atoms in total. The number of aryl methyl sites for hydroxylation is 2. The molecule has 0 aliphatic heterocycles.